The molecule has 1 heteroatoms. The standard InChI is InChI=1S/C12H19N/c1-9-7-6-8-10(2)11(9)12(3,4)13-5/h6-8,13H,1-5H3. The molecule has 1 aromatic carbocycles. The normalized spacial score (nSPS) is 11.8. The van der Waals surface area contributed by atoms with Crippen LogP contribution in [-0.4, -0.2) is 7.05 Å². The molecular weight excluding hydrogens is 158 g/mol. The third-order valence-electron chi connectivity index (χ3n) is 2.73. The average Bonchev–Trinajstić information content (AvgIpc) is 2.03. The number of hydrogen-bond donors (Lipinski definition) is 1. The minimum absolute atomic E-state index is 0.0649. The van der Waals surface area contributed by atoms with Crippen molar-refractivity contribution in [3.63, 3.8) is 0 Å². The van der Waals surface area contributed by atoms with Gasteiger partial charge < -0.3 is 5.32 Å². The fourth-order valence-corrected chi connectivity index (χ4v) is 1.93. The van der Waals surface area contributed by atoms with E-state index in [1.807, 2.05) is 7.05 Å². The molecule has 0 bridgehead atoms. The molecule has 1 nitrogen and oxygen atoms in total. The Labute approximate surface area is 81.2 Å². The van der Waals surface area contributed by atoms with Crippen molar-refractivity contribution in [2.75, 3.05) is 7.05 Å². The summed E-state index contributed by atoms with van der Waals surface area (Å²) in [6.45, 7) is 8.76. The minimum Gasteiger partial charge on any atom is -0.311 e. The molecule has 1 aromatic rings. The topological polar surface area (TPSA) is 12.0 Å². The van der Waals surface area contributed by atoms with Crippen molar-refractivity contribution in [1.29, 1.82) is 0 Å². The monoisotopic (exact) mass is 177 g/mol. The molecule has 0 spiro atoms. The smallest absolute Gasteiger partial charge is 0.0380 e. The molecule has 72 valence electrons. The second-order valence-corrected chi connectivity index (χ2v) is 4.14. The first kappa shape index (κ1) is 10.3. The molecule has 0 heterocycles. The van der Waals surface area contributed by atoms with Crippen molar-refractivity contribution in [3.8, 4) is 0 Å². The number of benzene rings is 1. The van der Waals surface area contributed by atoms with Crippen LogP contribution in [0.15, 0.2) is 18.2 Å². The van der Waals surface area contributed by atoms with Crippen LogP contribution in [-0.2, 0) is 5.54 Å². The Morgan fingerprint density at radius 3 is 1.92 bits per heavy atom. The number of rotatable bonds is 2. The van der Waals surface area contributed by atoms with Gasteiger partial charge >= 0.3 is 0 Å². The molecule has 1 N–H and O–H groups in total. The summed E-state index contributed by atoms with van der Waals surface area (Å²) in [6, 6.07) is 6.45. The molecule has 0 aliphatic rings. The van der Waals surface area contributed by atoms with E-state index in [1.54, 1.807) is 0 Å². The second kappa shape index (κ2) is 3.51. The fraction of sp³-hybridized carbons (Fsp3) is 0.500. The van der Waals surface area contributed by atoms with E-state index in [-0.39, 0.29) is 5.54 Å². The lowest BCUT2D eigenvalue weighted by Gasteiger charge is -2.28. The number of aryl methyl sites for hydroxylation is 2. The van der Waals surface area contributed by atoms with E-state index >= 15 is 0 Å². The van der Waals surface area contributed by atoms with Crippen molar-refractivity contribution in [3.05, 3.63) is 34.9 Å². The van der Waals surface area contributed by atoms with E-state index in [4.69, 9.17) is 0 Å². The van der Waals surface area contributed by atoms with E-state index in [2.05, 4.69) is 51.2 Å². The first-order valence-electron chi connectivity index (χ1n) is 4.74. The van der Waals surface area contributed by atoms with Gasteiger partial charge in [-0.2, -0.15) is 0 Å². The molecule has 0 radical (unpaired) electrons. The van der Waals surface area contributed by atoms with Gasteiger partial charge in [0.2, 0.25) is 0 Å². The molecule has 0 atom stereocenters. The van der Waals surface area contributed by atoms with Gasteiger partial charge in [-0.3, -0.25) is 0 Å². The largest absolute Gasteiger partial charge is 0.311 e. The molecule has 0 aliphatic carbocycles. The molecule has 0 saturated carbocycles. The summed E-state index contributed by atoms with van der Waals surface area (Å²) in [5.74, 6) is 0. The molecule has 0 unspecified atom stereocenters. The van der Waals surface area contributed by atoms with Crippen molar-refractivity contribution in [1.82, 2.24) is 5.32 Å². The Morgan fingerprint density at radius 2 is 1.54 bits per heavy atom. The fourth-order valence-electron chi connectivity index (χ4n) is 1.93. The van der Waals surface area contributed by atoms with Gasteiger partial charge in [-0.15, -0.1) is 0 Å². The molecule has 0 amide bonds. The van der Waals surface area contributed by atoms with Crippen LogP contribution in [0.5, 0.6) is 0 Å². The third-order valence-corrected chi connectivity index (χ3v) is 2.73. The zero-order valence-electron chi connectivity index (χ0n) is 9.23. The van der Waals surface area contributed by atoms with Crippen LogP contribution in [0.4, 0.5) is 0 Å². The predicted octanol–water partition coefficient (Wildman–Crippen LogP) is 2.76. The van der Waals surface area contributed by atoms with Crippen LogP contribution in [0.1, 0.15) is 30.5 Å². The highest BCUT2D eigenvalue weighted by Gasteiger charge is 2.21. The van der Waals surface area contributed by atoms with Crippen LogP contribution < -0.4 is 5.32 Å². The summed E-state index contributed by atoms with van der Waals surface area (Å²) in [6.07, 6.45) is 0. The highest BCUT2D eigenvalue weighted by Crippen LogP contribution is 2.26. The summed E-state index contributed by atoms with van der Waals surface area (Å²) < 4.78 is 0. The van der Waals surface area contributed by atoms with E-state index < -0.39 is 0 Å². The molecule has 1 rings (SSSR count). The van der Waals surface area contributed by atoms with Crippen molar-refractivity contribution in [2.24, 2.45) is 0 Å². The molecule has 0 aliphatic heterocycles. The Balaban J connectivity index is 3.28. The lowest BCUT2D eigenvalue weighted by atomic mass is 9.87. The predicted molar refractivity (Wildman–Crippen MR) is 58.0 cm³/mol. The maximum atomic E-state index is 3.34. The number of hydrogen-bond acceptors (Lipinski definition) is 1. The molecule has 0 aromatic heterocycles. The van der Waals surface area contributed by atoms with Crippen LogP contribution >= 0.6 is 0 Å². The van der Waals surface area contributed by atoms with Crippen LogP contribution in [0, 0.1) is 13.8 Å². The quantitative estimate of drug-likeness (QED) is 0.732. The van der Waals surface area contributed by atoms with E-state index in [0.29, 0.717) is 0 Å². The maximum absolute atomic E-state index is 3.34. The molecule has 0 saturated heterocycles. The first-order valence-corrected chi connectivity index (χ1v) is 4.74. The summed E-state index contributed by atoms with van der Waals surface area (Å²) in [5, 5.41) is 3.34. The van der Waals surface area contributed by atoms with Gasteiger partial charge in [0.15, 0.2) is 0 Å². The van der Waals surface area contributed by atoms with Gasteiger partial charge in [0.05, 0.1) is 0 Å². The summed E-state index contributed by atoms with van der Waals surface area (Å²) >= 11 is 0. The summed E-state index contributed by atoms with van der Waals surface area (Å²) in [4.78, 5) is 0. The van der Waals surface area contributed by atoms with E-state index in [9.17, 15) is 0 Å². The molecule has 13 heavy (non-hydrogen) atoms. The molecular formula is C12H19N. The summed E-state index contributed by atoms with van der Waals surface area (Å²) in [5.41, 5.74) is 4.20. The lowest BCUT2D eigenvalue weighted by molar-refractivity contribution is 0.440. The van der Waals surface area contributed by atoms with Gasteiger partial charge in [-0.05, 0) is 51.4 Å². The Hall–Kier alpha value is -0.820. The zero-order chi connectivity index (χ0) is 10.1. The Bertz CT molecular complexity index is 280. The zero-order valence-corrected chi connectivity index (χ0v) is 9.23. The van der Waals surface area contributed by atoms with Crippen LogP contribution in [0.25, 0.3) is 0 Å². The van der Waals surface area contributed by atoms with Crippen molar-refractivity contribution in [2.45, 2.75) is 33.2 Å². The van der Waals surface area contributed by atoms with Gasteiger partial charge in [0.1, 0.15) is 0 Å². The molecule has 0 fully saturated rings. The third kappa shape index (κ3) is 1.92. The highest BCUT2D eigenvalue weighted by molar-refractivity contribution is 5.38. The number of nitrogens with one attached hydrogen (secondary N) is 1. The SMILES string of the molecule is CNC(C)(C)c1c(C)cccc1C. The highest BCUT2D eigenvalue weighted by atomic mass is 14.9. The Kier molecular flexibility index (Phi) is 2.77. The summed E-state index contributed by atoms with van der Waals surface area (Å²) in [7, 11) is 2.01. The van der Waals surface area contributed by atoms with Crippen molar-refractivity contribution < 1.29 is 0 Å². The van der Waals surface area contributed by atoms with E-state index in [1.165, 1.54) is 16.7 Å². The minimum atomic E-state index is 0.0649. The van der Waals surface area contributed by atoms with E-state index in [0.717, 1.165) is 0 Å². The van der Waals surface area contributed by atoms with Crippen LogP contribution in [0.2, 0.25) is 0 Å². The first-order chi connectivity index (χ1) is 5.99. The van der Waals surface area contributed by atoms with Gasteiger partial charge in [0, 0.05) is 5.54 Å². The van der Waals surface area contributed by atoms with Gasteiger partial charge in [-0.1, -0.05) is 18.2 Å². The lowest BCUT2D eigenvalue weighted by Crippen LogP contribution is -2.34. The second-order valence-electron chi connectivity index (χ2n) is 4.14. The van der Waals surface area contributed by atoms with Gasteiger partial charge in [-0.25, -0.2) is 0 Å². The Morgan fingerprint density at radius 1 is 1.08 bits per heavy atom. The maximum Gasteiger partial charge on any atom is 0.0380 e. The van der Waals surface area contributed by atoms with Gasteiger partial charge in [0.25, 0.3) is 0 Å². The van der Waals surface area contributed by atoms with Crippen LogP contribution in [0.3, 0.4) is 0 Å². The average molecular weight is 177 g/mol. The van der Waals surface area contributed by atoms with Crippen molar-refractivity contribution >= 4 is 0 Å².